The predicted molar refractivity (Wildman–Crippen MR) is 161 cm³/mol. The maximum atomic E-state index is 12.4. The van der Waals surface area contributed by atoms with Crippen molar-refractivity contribution in [2.24, 2.45) is 5.41 Å². The van der Waals surface area contributed by atoms with Crippen LogP contribution in [0, 0.1) is 5.41 Å². The number of hydrogen-bond donors (Lipinski definition) is 2. The predicted octanol–water partition coefficient (Wildman–Crippen LogP) is 8.00. The Morgan fingerprint density at radius 3 is 1.46 bits per heavy atom. The number of carbonyl (C=O) groups excluding carboxylic acids is 2. The SMILES string of the molecule is CCCCCCCC(CCCCC)(CCOC(=O)CNc1ccccc1)CCOC(=O)CNc1ccccc1. The molecule has 39 heavy (non-hydrogen) atoms. The van der Waals surface area contributed by atoms with E-state index in [4.69, 9.17) is 9.47 Å². The van der Waals surface area contributed by atoms with Crippen molar-refractivity contribution in [3.63, 3.8) is 0 Å². The maximum Gasteiger partial charge on any atom is 0.325 e. The molecule has 0 saturated carbocycles. The van der Waals surface area contributed by atoms with E-state index in [-0.39, 0.29) is 30.4 Å². The van der Waals surface area contributed by atoms with Gasteiger partial charge in [0.2, 0.25) is 0 Å². The molecule has 216 valence electrons. The number of ether oxygens (including phenoxy) is 2. The third-order valence-corrected chi connectivity index (χ3v) is 7.33. The van der Waals surface area contributed by atoms with Gasteiger partial charge in [-0.3, -0.25) is 9.59 Å². The largest absolute Gasteiger partial charge is 0.464 e. The Labute approximate surface area is 236 Å². The Kier molecular flexibility index (Phi) is 16.5. The van der Waals surface area contributed by atoms with Gasteiger partial charge in [0.05, 0.1) is 13.2 Å². The van der Waals surface area contributed by atoms with Gasteiger partial charge in [-0.2, -0.15) is 0 Å². The maximum absolute atomic E-state index is 12.4. The van der Waals surface area contributed by atoms with E-state index in [1.54, 1.807) is 0 Å². The smallest absolute Gasteiger partial charge is 0.325 e. The molecule has 0 atom stereocenters. The molecule has 0 unspecified atom stereocenters. The molecule has 0 aliphatic carbocycles. The number of rotatable bonds is 22. The zero-order valence-electron chi connectivity index (χ0n) is 24.2. The van der Waals surface area contributed by atoms with Crippen molar-refractivity contribution in [1.82, 2.24) is 0 Å². The number of benzene rings is 2. The van der Waals surface area contributed by atoms with Crippen LogP contribution in [0.15, 0.2) is 60.7 Å². The van der Waals surface area contributed by atoms with E-state index in [1.807, 2.05) is 60.7 Å². The van der Waals surface area contributed by atoms with Crippen LogP contribution in [0.1, 0.15) is 90.9 Å². The van der Waals surface area contributed by atoms with Gasteiger partial charge in [0.15, 0.2) is 0 Å². The molecule has 0 heterocycles. The van der Waals surface area contributed by atoms with E-state index in [9.17, 15) is 9.59 Å². The first kappa shape index (κ1) is 32.2. The van der Waals surface area contributed by atoms with Crippen molar-refractivity contribution < 1.29 is 19.1 Å². The molecular weight excluding hydrogens is 488 g/mol. The molecule has 6 nitrogen and oxygen atoms in total. The quantitative estimate of drug-likeness (QED) is 0.117. The summed E-state index contributed by atoms with van der Waals surface area (Å²) in [5, 5.41) is 6.24. The zero-order chi connectivity index (χ0) is 28.0. The van der Waals surface area contributed by atoms with Crippen LogP contribution in [-0.4, -0.2) is 38.2 Å². The Morgan fingerprint density at radius 1 is 0.590 bits per heavy atom. The van der Waals surface area contributed by atoms with Crippen LogP contribution in [0.2, 0.25) is 0 Å². The van der Waals surface area contributed by atoms with E-state index >= 15 is 0 Å². The van der Waals surface area contributed by atoms with Crippen LogP contribution in [0.5, 0.6) is 0 Å². The molecule has 2 aromatic rings. The molecule has 0 fully saturated rings. The van der Waals surface area contributed by atoms with Crippen molar-refractivity contribution in [3.8, 4) is 0 Å². The van der Waals surface area contributed by atoms with Gasteiger partial charge in [-0.1, -0.05) is 102 Å². The summed E-state index contributed by atoms with van der Waals surface area (Å²) in [5.41, 5.74) is 1.81. The summed E-state index contributed by atoms with van der Waals surface area (Å²) in [4.78, 5) is 24.9. The number of para-hydroxylation sites is 2. The molecular formula is C33H50N2O4. The lowest BCUT2D eigenvalue weighted by atomic mass is 9.73. The first-order valence-corrected chi connectivity index (χ1v) is 15.0. The molecule has 2 aromatic carbocycles. The first-order valence-electron chi connectivity index (χ1n) is 15.0. The highest BCUT2D eigenvalue weighted by Gasteiger charge is 2.30. The van der Waals surface area contributed by atoms with Gasteiger partial charge in [-0.05, 0) is 55.4 Å². The minimum Gasteiger partial charge on any atom is -0.464 e. The lowest BCUT2D eigenvalue weighted by Gasteiger charge is -2.34. The minimum atomic E-state index is -0.248. The van der Waals surface area contributed by atoms with Crippen LogP contribution in [0.3, 0.4) is 0 Å². The van der Waals surface area contributed by atoms with E-state index in [0.717, 1.165) is 56.3 Å². The van der Waals surface area contributed by atoms with Crippen LogP contribution in [0.25, 0.3) is 0 Å². The van der Waals surface area contributed by atoms with E-state index in [0.29, 0.717) is 13.2 Å². The van der Waals surface area contributed by atoms with Gasteiger partial charge in [-0.15, -0.1) is 0 Å². The van der Waals surface area contributed by atoms with Crippen LogP contribution >= 0.6 is 0 Å². The lowest BCUT2D eigenvalue weighted by Crippen LogP contribution is -2.28. The number of hydrogen-bond acceptors (Lipinski definition) is 6. The van der Waals surface area contributed by atoms with E-state index < -0.39 is 0 Å². The summed E-state index contributed by atoms with van der Waals surface area (Å²) in [7, 11) is 0. The number of carbonyl (C=O) groups is 2. The summed E-state index contributed by atoms with van der Waals surface area (Å²) in [6, 6.07) is 19.4. The molecule has 2 N–H and O–H groups in total. The van der Waals surface area contributed by atoms with Gasteiger partial charge in [0.1, 0.15) is 13.1 Å². The third kappa shape index (κ3) is 14.6. The lowest BCUT2D eigenvalue weighted by molar-refractivity contribution is -0.143. The Hall–Kier alpha value is -3.02. The number of nitrogens with one attached hydrogen (secondary N) is 2. The van der Waals surface area contributed by atoms with Crippen molar-refractivity contribution in [1.29, 1.82) is 0 Å². The highest BCUT2D eigenvalue weighted by atomic mass is 16.5. The van der Waals surface area contributed by atoms with Crippen LogP contribution < -0.4 is 10.6 Å². The third-order valence-electron chi connectivity index (χ3n) is 7.33. The molecule has 0 aromatic heterocycles. The summed E-state index contributed by atoms with van der Waals surface area (Å²) in [6.45, 7) is 5.53. The highest BCUT2D eigenvalue weighted by Crippen LogP contribution is 2.39. The molecule has 0 spiro atoms. The van der Waals surface area contributed by atoms with E-state index in [1.165, 1.54) is 32.1 Å². The molecule has 0 bridgehead atoms. The first-order chi connectivity index (χ1) is 19.1. The zero-order valence-corrected chi connectivity index (χ0v) is 24.2. The van der Waals surface area contributed by atoms with Crippen LogP contribution in [0.4, 0.5) is 11.4 Å². The van der Waals surface area contributed by atoms with Crippen molar-refractivity contribution in [2.75, 3.05) is 36.9 Å². The van der Waals surface area contributed by atoms with Gasteiger partial charge in [-0.25, -0.2) is 0 Å². The summed E-state index contributed by atoms with van der Waals surface area (Å²) >= 11 is 0. The fraction of sp³-hybridized carbons (Fsp3) is 0.576. The molecule has 6 heteroatoms. The molecule has 2 rings (SSSR count). The average Bonchev–Trinajstić information content (AvgIpc) is 2.96. The highest BCUT2D eigenvalue weighted by molar-refractivity contribution is 5.75. The topological polar surface area (TPSA) is 76.7 Å². The second-order valence-corrected chi connectivity index (χ2v) is 10.5. The van der Waals surface area contributed by atoms with Crippen molar-refractivity contribution in [3.05, 3.63) is 60.7 Å². The van der Waals surface area contributed by atoms with Crippen molar-refractivity contribution >= 4 is 23.3 Å². The number of esters is 2. The standard InChI is InChI=1S/C33H50N2O4/c1-3-5-7-8-16-22-33(21-15-6-4-2,23-25-38-31(36)27-34-29-17-11-9-12-18-29)24-26-39-32(37)28-35-30-19-13-10-14-20-30/h9-14,17-20,34-35H,3-8,15-16,21-28H2,1-2H3. The summed E-state index contributed by atoms with van der Waals surface area (Å²) in [6.07, 6.45) is 13.3. The fourth-order valence-electron chi connectivity index (χ4n) is 4.93. The molecule has 0 saturated heterocycles. The summed E-state index contributed by atoms with van der Waals surface area (Å²) < 4.78 is 11.3. The van der Waals surface area contributed by atoms with Gasteiger partial charge < -0.3 is 20.1 Å². The normalized spacial score (nSPS) is 11.1. The van der Waals surface area contributed by atoms with Crippen LogP contribution in [-0.2, 0) is 19.1 Å². The molecule has 0 amide bonds. The molecule has 0 aliphatic rings. The Morgan fingerprint density at radius 2 is 1.00 bits per heavy atom. The second-order valence-electron chi connectivity index (χ2n) is 10.5. The molecule has 0 radical (unpaired) electrons. The average molecular weight is 539 g/mol. The minimum absolute atomic E-state index is 0.00165. The Balaban J connectivity index is 1.91. The molecule has 0 aliphatic heterocycles. The monoisotopic (exact) mass is 538 g/mol. The number of unbranched alkanes of at least 4 members (excludes halogenated alkanes) is 6. The number of anilines is 2. The second kappa shape index (κ2) is 20.0. The fourth-order valence-corrected chi connectivity index (χ4v) is 4.93. The van der Waals surface area contributed by atoms with Crippen molar-refractivity contribution in [2.45, 2.75) is 90.9 Å². The van der Waals surface area contributed by atoms with Gasteiger partial charge in [0.25, 0.3) is 0 Å². The van der Waals surface area contributed by atoms with E-state index in [2.05, 4.69) is 24.5 Å². The Bertz CT molecular complexity index is 843. The summed E-state index contributed by atoms with van der Waals surface area (Å²) in [5.74, 6) is -0.495. The van der Waals surface area contributed by atoms with Gasteiger partial charge >= 0.3 is 11.9 Å². The van der Waals surface area contributed by atoms with Gasteiger partial charge in [0, 0.05) is 11.4 Å².